The zero-order chi connectivity index (χ0) is 24.9. The van der Waals surface area contributed by atoms with Crippen LogP contribution in [0.25, 0.3) is 21.8 Å². The lowest BCUT2D eigenvalue weighted by Gasteiger charge is -2.21. The van der Waals surface area contributed by atoms with Gasteiger partial charge in [0.1, 0.15) is 6.04 Å². The highest BCUT2D eigenvalue weighted by Gasteiger charge is 2.26. The van der Waals surface area contributed by atoms with Gasteiger partial charge in [-0.25, -0.2) is 9.59 Å². The van der Waals surface area contributed by atoms with Crippen LogP contribution in [0.15, 0.2) is 65.5 Å². The SMILES string of the molecule is CC(C)C(NC(=O)Cc1cccc2ccccc12)C(=O)OCC(=O)Nc1ccc2[nH]c(=O)[nH]c2c1. The third kappa shape index (κ3) is 5.75. The monoisotopic (exact) mass is 474 g/mol. The second kappa shape index (κ2) is 10.3. The van der Waals surface area contributed by atoms with Crippen molar-refractivity contribution in [3.8, 4) is 0 Å². The van der Waals surface area contributed by atoms with Gasteiger partial charge < -0.3 is 25.3 Å². The Hall–Kier alpha value is -4.40. The number of esters is 1. The molecule has 1 atom stereocenters. The number of anilines is 1. The number of H-pyrrole nitrogens is 2. The van der Waals surface area contributed by atoms with E-state index >= 15 is 0 Å². The van der Waals surface area contributed by atoms with Crippen LogP contribution in [-0.2, 0) is 25.5 Å². The summed E-state index contributed by atoms with van der Waals surface area (Å²) in [7, 11) is 0. The number of carbonyl (C=O) groups is 3. The minimum absolute atomic E-state index is 0.113. The highest BCUT2D eigenvalue weighted by atomic mass is 16.5. The van der Waals surface area contributed by atoms with Gasteiger partial charge in [-0.1, -0.05) is 56.3 Å². The summed E-state index contributed by atoms with van der Waals surface area (Å²) >= 11 is 0. The maximum atomic E-state index is 12.7. The van der Waals surface area contributed by atoms with Crippen molar-refractivity contribution in [1.82, 2.24) is 15.3 Å². The molecule has 0 aliphatic rings. The molecule has 0 aliphatic heterocycles. The van der Waals surface area contributed by atoms with Crippen LogP contribution in [0, 0.1) is 5.92 Å². The Labute approximate surface area is 200 Å². The highest BCUT2D eigenvalue weighted by Crippen LogP contribution is 2.19. The Kier molecular flexibility index (Phi) is 6.96. The van der Waals surface area contributed by atoms with E-state index in [1.165, 1.54) is 0 Å². The average Bonchev–Trinajstić information content (AvgIpc) is 3.20. The quantitative estimate of drug-likeness (QED) is 0.292. The van der Waals surface area contributed by atoms with Gasteiger partial charge in [0.2, 0.25) is 5.91 Å². The number of carbonyl (C=O) groups excluding carboxylic acids is 3. The summed E-state index contributed by atoms with van der Waals surface area (Å²) < 4.78 is 5.18. The summed E-state index contributed by atoms with van der Waals surface area (Å²) in [6, 6.07) is 17.5. The van der Waals surface area contributed by atoms with E-state index in [1.807, 2.05) is 42.5 Å². The molecule has 1 unspecified atom stereocenters. The number of aromatic amines is 2. The lowest BCUT2D eigenvalue weighted by atomic mass is 10.0. The number of amides is 2. The van der Waals surface area contributed by atoms with Gasteiger partial charge in [-0.2, -0.15) is 0 Å². The van der Waals surface area contributed by atoms with Crippen molar-refractivity contribution in [1.29, 1.82) is 0 Å². The maximum Gasteiger partial charge on any atom is 0.329 e. The minimum Gasteiger partial charge on any atom is -0.454 e. The first-order valence-corrected chi connectivity index (χ1v) is 11.2. The zero-order valence-electron chi connectivity index (χ0n) is 19.4. The third-order valence-corrected chi connectivity index (χ3v) is 5.61. The predicted molar refractivity (Wildman–Crippen MR) is 133 cm³/mol. The van der Waals surface area contributed by atoms with Gasteiger partial charge in [0.15, 0.2) is 6.61 Å². The predicted octanol–water partition coefficient (Wildman–Crippen LogP) is 2.87. The van der Waals surface area contributed by atoms with Gasteiger partial charge >= 0.3 is 11.7 Å². The Morgan fingerprint density at radius 2 is 1.66 bits per heavy atom. The van der Waals surface area contributed by atoms with E-state index in [0.717, 1.165) is 16.3 Å². The number of nitrogens with one attached hydrogen (secondary N) is 4. The highest BCUT2D eigenvalue weighted by molar-refractivity contribution is 5.95. The molecular weight excluding hydrogens is 448 g/mol. The van der Waals surface area contributed by atoms with Crippen LogP contribution in [0.3, 0.4) is 0 Å². The van der Waals surface area contributed by atoms with E-state index in [9.17, 15) is 19.2 Å². The molecule has 180 valence electrons. The fourth-order valence-corrected chi connectivity index (χ4v) is 3.88. The van der Waals surface area contributed by atoms with E-state index in [2.05, 4.69) is 20.6 Å². The molecule has 4 rings (SSSR count). The van der Waals surface area contributed by atoms with Gasteiger partial charge in [0.05, 0.1) is 17.5 Å². The molecular formula is C26H26N4O5. The maximum absolute atomic E-state index is 12.7. The van der Waals surface area contributed by atoms with Crippen LogP contribution in [-0.4, -0.2) is 40.4 Å². The minimum atomic E-state index is -0.897. The second-order valence-corrected chi connectivity index (χ2v) is 8.60. The lowest BCUT2D eigenvalue weighted by molar-refractivity contribution is -0.151. The standard InChI is InChI=1S/C26H26N4O5/c1-15(2)24(30-22(31)12-17-8-5-7-16-6-3-4-9-19(16)17)25(33)35-14-23(32)27-18-10-11-20-21(13-18)29-26(34)28-20/h3-11,13,15,24H,12,14H2,1-2H3,(H,27,32)(H,30,31)(H2,28,29,34). The zero-order valence-corrected chi connectivity index (χ0v) is 19.4. The molecule has 0 aliphatic carbocycles. The van der Waals surface area contributed by atoms with Crippen molar-refractivity contribution in [2.45, 2.75) is 26.3 Å². The summed E-state index contributed by atoms with van der Waals surface area (Å²) in [6.07, 6.45) is 0.113. The summed E-state index contributed by atoms with van der Waals surface area (Å²) in [5, 5.41) is 7.37. The molecule has 1 aromatic heterocycles. The first kappa shape index (κ1) is 23.7. The number of benzene rings is 3. The Morgan fingerprint density at radius 3 is 2.46 bits per heavy atom. The molecule has 4 N–H and O–H groups in total. The molecule has 0 bridgehead atoms. The van der Waals surface area contributed by atoms with Crippen molar-refractivity contribution in [2.24, 2.45) is 5.92 Å². The van der Waals surface area contributed by atoms with Crippen LogP contribution in [0.5, 0.6) is 0 Å². The fraction of sp³-hybridized carbons (Fsp3) is 0.231. The van der Waals surface area contributed by atoms with Crippen molar-refractivity contribution in [2.75, 3.05) is 11.9 Å². The van der Waals surface area contributed by atoms with E-state index in [-0.39, 0.29) is 23.9 Å². The van der Waals surface area contributed by atoms with Gasteiger partial charge in [-0.15, -0.1) is 0 Å². The first-order chi connectivity index (χ1) is 16.8. The summed E-state index contributed by atoms with van der Waals surface area (Å²) in [5.41, 5.74) is 2.10. The molecule has 0 saturated carbocycles. The van der Waals surface area contributed by atoms with Gasteiger partial charge in [0, 0.05) is 5.69 Å². The molecule has 9 nitrogen and oxygen atoms in total. The van der Waals surface area contributed by atoms with Crippen molar-refractivity contribution in [3.05, 3.63) is 76.7 Å². The third-order valence-electron chi connectivity index (χ3n) is 5.61. The lowest BCUT2D eigenvalue weighted by Crippen LogP contribution is -2.46. The number of hydrogen-bond donors (Lipinski definition) is 4. The summed E-state index contributed by atoms with van der Waals surface area (Å²) in [6.45, 7) is 3.07. The molecule has 0 saturated heterocycles. The smallest absolute Gasteiger partial charge is 0.329 e. The normalized spacial score (nSPS) is 12.0. The number of fused-ring (bicyclic) bond motifs is 2. The summed E-state index contributed by atoms with van der Waals surface area (Å²) in [4.78, 5) is 54.3. The number of hydrogen-bond acceptors (Lipinski definition) is 5. The van der Waals surface area contributed by atoms with Crippen LogP contribution in [0.4, 0.5) is 5.69 Å². The van der Waals surface area contributed by atoms with Gasteiger partial charge in [-0.05, 0) is 40.5 Å². The molecule has 3 aromatic carbocycles. The van der Waals surface area contributed by atoms with E-state index in [0.29, 0.717) is 16.7 Å². The number of rotatable bonds is 8. The molecule has 4 aromatic rings. The largest absolute Gasteiger partial charge is 0.454 e. The summed E-state index contributed by atoms with van der Waals surface area (Å²) in [5.74, 6) is -1.78. The molecule has 1 heterocycles. The molecule has 2 amide bonds. The Bertz CT molecular complexity index is 1450. The van der Waals surface area contributed by atoms with Crippen molar-refractivity contribution in [3.63, 3.8) is 0 Å². The van der Waals surface area contributed by atoms with E-state index in [1.54, 1.807) is 32.0 Å². The Balaban J connectivity index is 1.33. The molecule has 0 fully saturated rings. The van der Waals surface area contributed by atoms with Crippen molar-refractivity contribution >= 4 is 45.3 Å². The molecule has 0 spiro atoms. The van der Waals surface area contributed by atoms with E-state index in [4.69, 9.17) is 4.74 Å². The van der Waals surface area contributed by atoms with Gasteiger partial charge in [-0.3, -0.25) is 9.59 Å². The van der Waals surface area contributed by atoms with Crippen molar-refractivity contribution < 1.29 is 19.1 Å². The fourth-order valence-electron chi connectivity index (χ4n) is 3.88. The first-order valence-electron chi connectivity index (χ1n) is 11.2. The van der Waals surface area contributed by atoms with Crippen LogP contribution in [0.1, 0.15) is 19.4 Å². The Morgan fingerprint density at radius 1 is 0.914 bits per heavy atom. The van der Waals surface area contributed by atoms with Gasteiger partial charge in [0.25, 0.3) is 5.91 Å². The molecule has 35 heavy (non-hydrogen) atoms. The van der Waals surface area contributed by atoms with E-state index < -0.39 is 24.5 Å². The molecule has 0 radical (unpaired) electrons. The topological polar surface area (TPSA) is 133 Å². The second-order valence-electron chi connectivity index (χ2n) is 8.60. The van der Waals surface area contributed by atoms with Crippen LogP contribution in [0.2, 0.25) is 0 Å². The van der Waals surface area contributed by atoms with Crippen LogP contribution < -0.4 is 16.3 Å². The number of ether oxygens (including phenoxy) is 1. The number of aromatic nitrogens is 2. The average molecular weight is 475 g/mol. The number of imidazole rings is 1. The van der Waals surface area contributed by atoms with Crippen LogP contribution >= 0.6 is 0 Å². The molecule has 9 heteroatoms.